The highest BCUT2D eigenvalue weighted by Gasteiger charge is 2.11. The summed E-state index contributed by atoms with van der Waals surface area (Å²) in [5.41, 5.74) is 2.30. The molecule has 0 fully saturated rings. The van der Waals surface area contributed by atoms with E-state index in [1.165, 1.54) is 6.07 Å². The lowest BCUT2D eigenvalue weighted by Crippen LogP contribution is -2.32. The average Bonchev–Trinajstić information content (AvgIpc) is 2.62. The van der Waals surface area contributed by atoms with Crippen LogP contribution in [-0.2, 0) is 6.42 Å². The van der Waals surface area contributed by atoms with Gasteiger partial charge in [0.1, 0.15) is 5.82 Å². The molecule has 0 aliphatic heterocycles. The summed E-state index contributed by atoms with van der Waals surface area (Å²) < 4.78 is 13.6. The van der Waals surface area contributed by atoms with E-state index >= 15 is 0 Å². The monoisotopic (exact) mass is 321 g/mol. The van der Waals surface area contributed by atoms with Crippen LogP contribution >= 0.6 is 0 Å². The maximum absolute atomic E-state index is 13.6. The first-order valence-corrected chi connectivity index (χ1v) is 7.95. The second-order valence-electron chi connectivity index (χ2n) is 5.69. The molecular weight excluding hydrogens is 301 g/mol. The van der Waals surface area contributed by atoms with Gasteiger partial charge in [0.25, 0.3) is 0 Å². The third-order valence-electron chi connectivity index (χ3n) is 4.15. The predicted molar refractivity (Wildman–Crippen MR) is 99.5 cm³/mol. The zero-order valence-corrected chi connectivity index (χ0v) is 13.8. The first-order chi connectivity index (χ1) is 11.6. The van der Waals surface area contributed by atoms with Gasteiger partial charge in [-0.25, -0.2) is 4.39 Å². The Bertz CT molecular complexity index is 884. The quantitative estimate of drug-likeness (QED) is 0.525. The van der Waals surface area contributed by atoms with Crippen LogP contribution in [-0.4, -0.2) is 13.0 Å². The smallest absolute Gasteiger partial charge is 0.199 e. The number of hydrogen-bond acceptors (Lipinski definition) is 1. The zero-order valence-electron chi connectivity index (χ0n) is 13.8. The molecule has 0 radical (unpaired) electrons. The molecule has 0 aliphatic rings. The summed E-state index contributed by atoms with van der Waals surface area (Å²) in [6, 6.07) is 18.9. The Morgan fingerprint density at radius 1 is 1.08 bits per heavy atom. The molecule has 0 aromatic heterocycles. The number of anilines is 2. The molecule has 0 spiro atoms. The van der Waals surface area contributed by atoms with E-state index in [2.05, 4.69) is 17.4 Å². The highest BCUT2D eigenvalue weighted by atomic mass is 19.1. The fourth-order valence-corrected chi connectivity index (χ4v) is 2.77. The van der Waals surface area contributed by atoms with Gasteiger partial charge >= 0.3 is 0 Å². The third kappa shape index (κ3) is 3.08. The number of halogens is 1. The number of rotatable bonds is 3. The molecule has 24 heavy (non-hydrogen) atoms. The largest absolute Gasteiger partial charge is 0.326 e. The fraction of sp³-hybridized carbons (Fsp3) is 0.150. The van der Waals surface area contributed by atoms with Crippen LogP contribution in [0.2, 0.25) is 0 Å². The first-order valence-electron chi connectivity index (χ1n) is 7.95. The van der Waals surface area contributed by atoms with Crippen molar-refractivity contribution in [2.45, 2.75) is 13.3 Å². The van der Waals surface area contributed by atoms with Crippen molar-refractivity contribution < 1.29 is 4.39 Å². The zero-order chi connectivity index (χ0) is 17.1. The Labute approximate surface area is 141 Å². The van der Waals surface area contributed by atoms with E-state index in [0.29, 0.717) is 17.7 Å². The number of benzene rings is 3. The van der Waals surface area contributed by atoms with Crippen molar-refractivity contribution in [2.75, 3.05) is 17.3 Å². The molecule has 2 N–H and O–H groups in total. The lowest BCUT2D eigenvalue weighted by Gasteiger charge is -2.23. The topological polar surface area (TPSA) is 39.1 Å². The summed E-state index contributed by atoms with van der Waals surface area (Å²) in [7, 11) is 1.85. The summed E-state index contributed by atoms with van der Waals surface area (Å²) in [4.78, 5) is 1.79. The maximum Gasteiger partial charge on any atom is 0.199 e. The van der Waals surface area contributed by atoms with Crippen LogP contribution in [0.1, 0.15) is 12.5 Å². The molecule has 0 bridgehead atoms. The number of nitrogens with zero attached hydrogens (tertiary/aromatic N) is 1. The van der Waals surface area contributed by atoms with E-state index in [9.17, 15) is 4.39 Å². The van der Waals surface area contributed by atoms with Crippen molar-refractivity contribution in [1.29, 1.82) is 5.41 Å². The van der Waals surface area contributed by atoms with Crippen LogP contribution < -0.4 is 10.2 Å². The van der Waals surface area contributed by atoms with E-state index in [-0.39, 0.29) is 11.8 Å². The van der Waals surface area contributed by atoms with Crippen LogP contribution in [0.4, 0.5) is 15.8 Å². The molecule has 0 amide bonds. The molecule has 0 atom stereocenters. The molecule has 3 aromatic rings. The molecule has 0 aliphatic carbocycles. The van der Waals surface area contributed by atoms with Gasteiger partial charge in [0.15, 0.2) is 5.96 Å². The highest BCUT2D eigenvalue weighted by molar-refractivity contribution is 6.08. The van der Waals surface area contributed by atoms with Crippen LogP contribution in [0.15, 0.2) is 60.7 Å². The van der Waals surface area contributed by atoms with Gasteiger partial charge in [-0.15, -0.1) is 0 Å². The molecule has 0 heterocycles. The van der Waals surface area contributed by atoms with Gasteiger partial charge in [-0.1, -0.05) is 43.3 Å². The van der Waals surface area contributed by atoms with Crippen LogP contribution in [0.3, 0.4) is 0 Å². The summed E-state index contributed by atoms with van der Waals surface area (Å²) in [5.74, 6) is 0.0250. The minimum absolute atomic E-state index is 0.211. The minimum Gasteiger partial charge on any atom is -0.326 e. The van der Waals surface area contributed by atoms with Gasteiger partial charge in [-0.3, -0.25) is 5.41 Å². The van der Waals surface area contributed by atoms with Crippen LogP contribution in [0.5, 0.6) is 0 Å². The first kappa shape index (κ1) is 16.0. The molecular formula is C20H20FN3. The summed E-state index contributed by atoms with van der Waals surface area (Å²) >= 11 is 0. The second-order valence-corrected chi connectivity index (χ2v) is 5.69. The van der Waals surface area contributed by atoms with E-state index in [0.717, 1.165) is 16.5 Å². The fourth-order valence-electron chi connectivity index (χ4n) is 2.77. The van der Waals surface area contributed by atoms with Gasteiger partial charge in [0, 0.05) is 18.1 Å². The van der Waals surface area contributed by atoms with Crippen molar-refractivity contribution >= 4 is 28.1 Å². The SMILES string of the molecule is CCc1cc(NC(=N)N(C)c2cccc3ccccc23)ccc1F. The van der Waals surface area contributed by atoms with Gasteiger partial charge in [-0.2, -0.15) is 0 Å². The molecule has 3 aromatic carbocycles. The van der Waals surface area contributed by atoms with Crippen molar-refractivity contribution in [3.8, 4) is 0 Å². The van der Waals surface area contributed by atoms with E-state index in [4.69, 9.17) is 5.41 Å². The number of aryl methyl sites for hydroxylation is 1. The lowest BCUT2D eigenvalue weighted by molar-refractivity contribution is 0.612. The number of hydrogen-bond donors (Lipinski definition) is 2. The number of fused-ring (bicyclic) bond motifs is 1. The maximum atomic E-state index is 13.6. The minimum atomic E-state index is -0.211. The number of nitrogens with one attached hydrogen (secondary N) is 2. The van der Waals surface area contributed by atoms with E-state index < -0.39 is 0 Å². The summed E-state index contributed by atoms with van der Waals surface area (Å²) in [5, 5.41) is 13.6. The molecule has 0 unspecified atom stereocenters. The molecule has 0 saturated heterocycles. The number of guanidine groups is 1. The van der Waals surface area contributed by atoms with Gasteiger partial charge in [0.2, 0.25) is 0 Å². The standard InChI is InChI=1S/C20H20FN3/c1-3-14-13-16(11-12-18(14)21)23-20(22)24(2)19-10-6-8-15-7-4-5-9-17(15)19/h4-13H,3H2,1-2H3,(H2,22,23). The Morgan fingerprint density at radius 2 is 1.83 bits per heavy atom. The van der Waals surface area contributed by atoms with E-state index in [1.54, 1.807) is 17.0 Å². The summed E-state index contributed by atoms with van der Waals surface area (Å²) in [6.45, 7) is 1.91. The van der Waals surface area contributed by atoms with Crippen molar-refractivity contribution in [2.24, 2.45) is 0 Å². The van der Waals surface area contributed by atoms with E-state index in [1.807, 2.05) is 44.3 Å². The molecule has 3 nitrogen and oxygen atoms in total. The van der Waals surface area contributed by atoms with Gasteiger partial charge in [-0.05, 0) is 41.6 Å². The molecule has 122 valence electrons. The highest BCUT2D eigenvalue weighted by Crippen LogP contribution is 2.26. The Kier molecular flexibility index (Phi) is 4.47. The Balaban J connectivity index is 1.87. The van der Waals surface area contributed by atoms with Crippen molar-refractivity contribution in [3.05, 3.63) is 72.0 Å². The molecule has 3 rings (SSSR count). The Morgan fingerprint density at radius 3 is 2.62 bits per heavy atom. The van der Waals surface area contributed by atoms with Crippen LogP contribution in [0.25, 0.3) is 10.8 Å². The van der Waals surface area contributed by atoms with Crippen molar-refractivity contribution in [1.82, 2.24) is 0 Å². The molecule has 0 saturated carbocycles. The van der Waals surface area contributed by atoms with Crippen LogP contribution in [0, 0.1) is 11.2 Å². The Hall–Kier alpha value is -2.88. The van der Waals surface area contributed by atoms with Gasteiger partial charge < -0.3 is 10.2 Å². The molecule has 4 heteroatoms. The second kappa shape index (κ2) is 6.71. The predicted octanol–water partition coefficient (Wildman–Crippen LogP) is 5.02. The normalized spacial score (nSPS) is 10.6. The van der Waals surface area contributed by atoms with Crippen molar-refractivity contribution in [3.63, 3.8) is 0 Å². The third-order valence-corrected chi connectivity index (χ3v) is 4.15. The average molecular weight is 321 g/mol. The lowest BCUT2D eigenvalue weighted by atomic mass is 10.1. The van der Waals surface area contributed by atoms with Gasteiger partial charge in [0.05, 0.1) is 5.69 Å². The summed E-state index contributed by atoms with van der Waals surface area (Å²) in [6.07, 6.45) is 0.619.